The topological polar surface area (TPSA) is 14.1 Å². The third kappa shape index (κ3) is 8.70. The molecule has 0 aromatic heterocycles. The molecule has 1 unspecified atom stereocenters. The third-order valence-electron chi connectivity index (χ3n) is 2.21. The average molecular weight is 294 g/mol. The predicted octanol–water partition coefficient (Wildman–Crippen LogP) is 3.90. The minimum Gasteiger partial charge on any atom is -0.657 e. The van der Waals surface area contributed by atoms with E-state index in [9.17, 15) is 8.78 Å². The maximum Gasteiger partial charge on any atom is 0.230 e. The molecule has 89 valence electrons. The van der Waals surface area contributed by atoms with Crippen molar-refractivity contribution < 1.29 is 41.5 Å². The molecule has 15 heavy (non-hydrogen) atoms. The Morgan fingerprint density at radius 1 is 1.33 bits per heavy atom. The molecule has 1 nitrogen and oxygen atoms in total. The zero-order valence-electron chi connectivity index (χ0n) is 10.1. The Kier molecular flexibility index (Phi) is 11.0. The van der Waals surface area contributed by atoms with Gasteiger partial charge >= 0.3 is 0 Å². The van der Waals surface area contributed by atoms with Crippen molar-refractivity contribution in [3.63, 3.8) is 0 Å². The number of alkyl halides is 2. The number of hydrogen-bond donors (Lipinski definition) is 0. The van der Waals surface area contributed by atoms with Gasteiger partial charge in [0.25, 0.3) is 0 Å². The molecule has 0 spiro atoms. The van der Waals surface area contributed by atoms with Crippen LogP contribution >= 0.6 is 0 Å². The molecule has 1 heterocycles. The van der Waals surface area contributed by atoms with Gasteiger partial charge in [-0.05, 0) is 5.92 Å². The maximum absolute atomic E-state index is 12.7. The second-order valence-electron chi connectivity index (χ2n) is 4.21. The molecule has 1 aliphatic rings. The Hall–Kier alpha value is 0.924. The van der Waals surface area contributed by atoms with Crippen molar-refractivity contribution in [2.24, 2.45) is 11.8 Å². The van der Waals surface area contributed by atoms with E-state index in [2.05, 4.69) is 5.32 Å². The summed E-state index contributed by atoms with van der Waals surface area (Å²) in [5, 5.41) is 3.78. The van der Waals surface area contributed by atoms with Crippen molar-refractivity contribution in [2.75, 3.05) is 13.1 Å². The van der Waals surface area contributed by atoms with E-state index in [0.717, 1.165) is 0 Å². The van der Waals surface area contributed by atoms with Crippen LogP contribution in [0.3, 0.4) is 0 Å². The smallest absolute Gasteiger partial charge is 0.230 e. The normalized spacial score (nSPS) is 23.8. The summed E-state index contributed by atoms with van der Waals surface area (Å²) in [6, 6.07) is 0. The number of piperidine rings is 1. The van der Waals surface area contributed by atoms with E-state index in [4.69, 9.17) is 0 Å². The summed E-state index contributed by atoms with van der Waals surface area (Å²) in [6.07, 6.45) is 2.02. The first-order chi connectivity index (χ1) is 6.43. The second kappa shape index (κ2) is 9.01. The van der Waals surface area contributed by atoms with Crippen LogP contribution in [-0.4, -0.2) is 19.0 Å². The van der Waals surface area contributed by atoms with E-state index in [0.29, 0.717) is 12.5 Å². The minimum atomic E-state index is -2.53. The van der Waals surface area contributed by atoms with Crippen LogP contribution in [0.5, 0.6) is 0 Å². The zero-order valence-corrected chi connectivity index (χ0v) is 13.0. The largest absolute Gasteiger partial charge is 0.657 e. The van der Waals surface area contributed by atoms with Gasteiger partial charge in [-0.3, -0.25) is 0 Å². The average Bonchev–Trinajstić information content (AvgIpc) is 2.03. The molecular weight excluding hydrogens is 273 g/mol. The molecule has 1 atom stereocenters. The Morgan fingerprint density at radius 2 is 1.80 bits per heavy atom. The van der Waals surface area contributed by atoms with Gasteiger partial charge in [0.15, 0.2) is 0 Å². The monoisotopic (exact) mass is 294 g/mol. The van der Waals surface area contributed by atoms with Crippen LogP contribution in [0.4, 0.5) is 8.78 Å². The third-order valence-corrected chi connectivity index (χ3v) is 2.21. The van der Waals surface area contributed by atoms with Crippen LogP contribution < -0.4 is 0 Å². The van der Waals surface area contributed by atoms with Gasteiger partial charge < -0.3 is 11.7 Å². The quantitative estimate of drug-likeness (QED) is 0.651. The van der Waals surface area contributed by atoms with E-state index in [-0.39, 0.29) is 51.6 Å². The van der Waals surface area contributed by atoms with Gasteiger partial charge in [0.2, 0.25) is 5.92 Å². The standard InChI is InChI=1S/C8H14F2N.C3H7.Y/c1-6(2)7-3-8(9,10)5-11-4-7;1-3-2;/h6-7H,3-5H2,1-2H3;3H,1-2H3;/q2*-1;. The Bertz CT molecular complexity index is 152. The molecule has 0 bridgehead atoms. The molecule has 0 aromatic carbocycles. The Labute approximate surface area is 118 Å². The van der Waals surface area contributed by atoms with E-state index >= 15 is 0 Å². The summed E-state index contributed by atoms with van der Waals surface area (Å²) < 4.78 is 25.4. The SMILES string of the molecule is CC(C)C1C[N-]CC(F)(F)C1.C[CH-]C.[Y]. The molecule has 0 aliphatic carbocycles. The molecule has 0 N–H and O–H groups in total. The Morgan fingerprint density at radius 3 is 2.07 bits per heavy atom. The first-order valence-electron chi connectivity index (χ1n) is 5.18. The number of nitrogens with zero attached hydrogens (tertiary/aromatic N) is 1. The zero-order chi connectivity index (χ0) is 11.2. The van der Waals surface area contributed by atoms with Gasteiger partial charge in [0.1, 0.15) is 0 Å². The number of hydrogen-bond acceptors (Lipinski definition) is 0. The first-order valence-corrected chi connectivity index (χ1v) is 5.18. The van der Waals surface area contributed by atoms with E-state index in [1.54, 1.807) is 0 Å². The predicted molar refractivity (Wildman–Crippen MR) is 56.6 cm³/mol. The van der Waals surface area contributed by atoms with Crippen LogP contribution in [0.2, 0.25) is 0 Å². The van der Waals surface area contributed by atoms with E-state index in [1.165, 1.54) is 0 Å². The number of rotatable bonds is 1. The van der Waals surface area contributed by atoms with Crippen molar-refractivity contribution in [1.29, 1.82) is 0 Å². The molecule has 1 saturated heterocycles. The fourth-order valence-electron chi connectivity index (χ4n) is 1.35. The van der Waals surface area contributed by atoms with Gasteiger partial charge in [0, 0.05) is 39.1 Å². The van der Waals surface area contributed by atoms with Crippen molar-refractivity contribution in [1.82, 2.24) is 0 Å². The van der Waals surface area contributed by atoms with Crippen LogP contribution in [0.15, 0.2) is 0 Å². The van der Waals surface area contributed by atoms with Crippen molar-refractivity contribution in [3.8, 4) is 0 Å². The van der Waals surface area contributed by atoms with E-state index in [1.807, 2.05) is 34.1 Å². The Balaban J connectivity index is 0. The van der Waals surface area contributed by atoms with Gasteiger partial charge in [-0.25, -0.2) is 8.78 Å². The van der Waals surface area contributed by atoms with Crippen LogP contribution in [0, 0.1) is 18.3 Å². The molecule has 0 amide bonds. The number of halogens is 2. The molecule has 0 saturated carbocycles. The summed E-state index contributed by atoms with van der Waals surface area (Å²) in [4.78, 5) is 0. The van der Waals surface area contributed by atoms with Gasteiger partial charge in [-0.15, -0.1) is 6.54 Å². The molecule has 1 rings (SSSR count). The maximum atomic E-state index is 12.7. The van der Waals surface area contributed by atoms with Crippen LogP contribution in [0.1, 0.15) is 34.1 Å². The van der Waals surface area contributed by atoms with Crippen molar-refractivity contribution >= 4 is 0 Å². The summed E-state index contributed by atoms with van der Waals surface area (Å²) >= 11 is 0. The first kappa shape index (κ1) is 18.3. The molecule has 4 heteroatoms. The second-order valence-corrected chi connectivity index (χ2v) is 4.21. The van der Waals surface area contributed by atoms with Gasteiger partial charge in [0.05, 0.1) is 0 Å². The van der Waals surface area contributed by atoms with E-state index < -0.39 is 5.92 Å². The molecule has 1 radical (unpaired) electrons. The fraction of sp³-hybridized carbons (Fsp3) is 0.909. The summed E-state index contributed by atoms with van der Waals surface area (Å²) in [5.74, 6) is -2.13. The van der Waals surface area contributed by atoms with Gasteiger partial charge in [-0.1, -0.05) is 26.3 Å². The summed E-state index contributed by atoms with van der Waals surface area (Å²) in [5.41, 5.74) is 0. The van der Waals surface area contributed by atoms with Crippen molar-refractivity contribution in [2.45, 2.75) is 40.0 Å². The molecule has 1 aliphatic heterocycles. The van der Waals surface area contributed by atoms with Crippen LogP contribution in [0.25, 0.3) is 5.32 Å². The van der Waals surface area contributed by atoms with Crippen LogP contribution in [-0.2, 0) is 32.7 Å². The summed E-state index contributed by atoms with van der Waals surface area (Å²) in [6.45, 7) is 8.30. The van der Waals surface area contributed by atoms with Crippen molar-refractivity contribution in [3.05, 3.63) is 11.7 Å². The van der Waals surface area contributed by atoms with Gasteiger partial charge in [-0.2, -0.15) is 13.8 Å². The molecule has 0 aromatic rings. The molecule has 1 fully saturated rings. The minimum absolute atomic E-state index is 0. The molecular formula is C11H21F2NY-2. The summed E-state index contributed by atoms with van der Waals surface area (Å²) in [7, 11) is 0. The fourth-order valence-corrected chi connectivity index (χ4v) is 1.35.